The number of hydrogen-bond donors (Lipinski definition) is 1. The van der Waals surface area contributed by atoms with Crippen molar-refractivity contribution in [2.75, 3.05) is 19.6 Å². The third-order valence-corrected chi connectivity index (χ3v) is 3.55. The summed E-state index contributed by atoms with van der Waals surface area (Å²) >= 11 is 0. The minimum absolute atomic E-state index is 0.0976. The van der Waals surface area contributed by atoms with Crippen molar-refractivity contribution in [3.63, 3.8) is 0 Å². The van der Waals surface area contributed by atoms with Gasteiger partial charge < -0.3 is 10.5 Å². The summed E-state index contributed by atoms with van der Waals surface area (Å²) in [7, 11) is 0. The van der Waals surface area contributed by atoms with Gasteiger partial charge in [-0.2, -0.15) is 0 Å². The van der Waals surface area contributed by atoms with Crippen LogP contribution in [-0.4, -0.2) is 42.6 Å². The molecule has 0 saturated carbocycles. The number of amides is 1. The fraction of sp³-hybridized carbons (Fsp3) is 0.769. The van der Waals surface area contributed by atoms with Gasteiger partial charge in [-0.15, -0.1) is 0 Å². The Balaban J connectivity index is 1.87. The van der Waals surface area contributed by atoms with Crippen LogP contribution in [0.15, 0.2) is 12.2 Å². The zero-order valence-corrected chi connectivity index (χ0v) is 10.5. The van der Waals surface area contributed by atoms with Crippen LogP contribution in [-0.2, 0) is 9.53 Å². The molecule has 2 rings (SSSR count). The minimum atomic E-state index is -0.433. The van der Waals surface area contributed by atoms with Crippen molar-refractivity contribution in [1.29, 1.82) is 0 Å². The van der Waals surface area contributed by atoms with Crippen molar-refractivity contribution in [1.82, 2.24) is 4.90 Å². The van der Waals surface area contributed by atoms with Gasteiger partial charge in [0.2, 0.25) is 5.91 Å². The summed E-state index contributed by atoms with van der Waals surface area (Å²) in [6.07, 6.45) is 7.78. The van der Waals surface area contributed by atoms with Crippen LogP contribution in [0.1, 0.15) is 26.2 Å². The van der Waals surface area contributed by atoms with Crippen LogP contribution in [0.4, 0.5) is 0 Å². The van der Waals surface area contributed by atoms with Gasteiger partial charge in [0.25, 0.3) is 0 Å². The second-order valence-electron chi connectivity index (χ2n) is 5.21. The fourth-order valence-electron chi connectivity index (χ4n) is 2.73. The molecule has 3 atom stereocenters. The smallest absolute Gasteiger partial charge is 0.247 e. The number of primary amides is 1. The van der Waals surface area contributed by atoms with E-state index >= 15 is 0 Å². The molecule has 17 heavy (non-hydrogen) atoms. The van der Waals surface area contributed by atoms with Gasteiger partial charge in [-0.3, -0.25) is 9.69 Å². The zero-order chi connectivity index (χ0) is 12.3. The van der Waals surface area contributed by atoms with Gasteiger partial charge in [0.15, 0.2) is 0 Å². The van der Waals surface area contributed by atoms with Gasteiger partial charge in [0.05, 0.1) is 6.10 Å². The zero-order valence-electron chi connectivity index (χ0n) is 10.5. The average molecular weight is 238 g/mol. The van der Waals surface area contributed by atoms with Crippen LogP contribution >= 0.6 is 0 Å². The molecule has 1 heterocycles. The van der Waals surface area contributed by atoms with Gasteiger partial charge in [0.1, 0.15) is 6.10 Å². The highest BCUT2D eigenvalue weighted by Crippen LogP contribution is 2.21. The first-order valence-electron chi connectivity index (χ1n) is 6.47. The Kier molecular flexibility index (Phi) is 4.18. The lowest BCUT2D eigenvalue weighted by Crippen LogP contribution is -2.52. The highest BCUT2D eigenvalue weighted by Gasteiger charge is 2.29. The van der Waals surface area contributed by atoms with Crippen molar-refractivity contribution in [2.45, 2.75) is 38.4 Å². The van der Waals surface area contributed by atoms with Crippen molar-refractivity contribution in [2.24, 2.45) is 11.7 Å². The summed E-state index contributed by atoms with van der Waals surface area (Å²) in [5.74, 6) is 0.379. The van der Waals surface area contributed by atoms with E-state index in [0.717, 1.165) is 25.4 Å². The van der Waals surface area contributed by atoms with E-state index in [0.29, 0.717) is 6.54 Å². The van der Waals surface area contributed by atoms with Crippen molar-refractivity contribution in [3.05, 3.63) is 12.2 Å². The largest absolute Gasteiger partial charge is 0.367 e. The lowest BCUT2D eigenvalue weighted by atomic mass is 9.93. The molecule has 0 aromatic carbocycles. The molecule has 1 saturated heterocycles. The number of hydrogen-bond acceptors (Lipinski definition) is 3. The predicted molar refractivity (Wildman–Crippen MR) is 66.5 cm³/mol. The van der Waals surface area contributed by atoms with Gasteiger partial charge in [-0.1, -0.05) is 12.2 Å². The number of carbonyl (C=O) groups is 1. The Morgan fingerprint density at radius 1 is 1.47 bits per heavy atom. The van der Waals surface area contributed by atoms with E-state index in [1.807, 2.05) is 6.92 Å². The first-order valence-corrected chi connectivity index (χ1v) is 6.47. The van der Waals surface area contributed by atoms with Crippen LogP contribution in [0.25, 0.3) is 0 Å². The van der Waals surface area contributed by atoms with Crippen molar-refractivity contribution in [3.8, 4) is 0 Å². The molecule has 0 spiro atoms. The maximum Gasteiger partial charge on any atom is 0.247 e. The van der Waals surface area contributed by atoms with E-state index in [9.17, 15) is 4.79 Å². The van der Waals surface area contributed by atoms with Gasteiger partial charge in [0, 0.05) is 19.6 Å². The van der Waals surface area contributed by atoms with E-state index in [-0.39, 0.29) is 12.0 Å². The molecule has 96 valence electrons. The second-order valence-corrected chi connectivity index (χ2v) is 5.21. The van der Waals surface area contributed by atoms with E-state index in [1.165, 1.54) is 12.8 Å². The number of nitrogens with two attached hydrogens (primary N) is 1. The third kappa shape index (κ3) is 3.54. The Morgan fingerprint density at radius 3 is 2.94 bits per heavy atom. The molecule has 0 aromatic rings. The van der Waals surface area contributed by atoms with E-state index in [2.05, 4.69) is 17.1 Å². The normalized spacial score (nSPS) is 34.8. The fourth-order valence-corrected chi connectivity index (χ4v) is 2.73. The molecule has 0 bridgehead atoms. The van der Waals surface area contributed by atoms with Crippen molar-refractivity contribution >= 4 is 5.91 Å². The number of nitrogens with zero attached hydrogens (tertiary/aromatic N) is 1. The summed E-state index contributed by atoms with van der Waals surface area (Å²) in [5, 5.41) is 0. The molecule has 2 unspecified atom stereocenters. The Hall–Kier alpha value is -0.870. The Labute approximate surface area is 103 Å². The molecule has 2 N–H and O–H groups in total. The molecule has 0 aromatic heterocycles. The van der Waals surface area contributed by atoms with E-state index in [4.69, 9.17) is 10.5 Å². The maximum absolute atomic E-state index is 11.2. The molecule has 4 nitrogen and oxygen atoms in total. The van der Waals surface area contributed by atoms with E-state index < -0.39 is 6.10 Å². The maximum atomic E-state index is 11.2. The highest BCUT2D eigenvalue weighted by molar-refractivity contribution is 5.79. The van der Waals surface area contributed by atoms with Crippen LogP contribution < -0.4 is 5.73 Å². The average Bonchev–Trinajstić information content (AvgIpc) is 2.29. The minimum Gasteiger partial charge on any atom is -0.367 e. The predicted octanol–water partition coefficient (Wildman–Crippen LogP) is 0.917. The van der Waals surface area contributed by atoms with Crippen LogP contribution in [0.5, 0.6) is 0 Å². The van der Waals surface area contributed by atoms with E-state index in [1.54, 1.807) is 0 Å². The van der Waals surface area contributed by atoms with Gasteiger partial charge in [-0.05, 0) is 32.1 Å². The molecule has 1 fully saturated rings. The topological polar surface area (TPSA) is 55.6 Å². The number of carbonyl (C=O) groups excluding carboxylic acids is 1. The lowest BCUT2D eigenvalue weighted by Gasteiger charge is -2.37. The van der Waals surface area contributed by atoms with Crippen LogP contribution in [0.3, 0.4) is 0 Å². The van der Waals surface area contributed by atoms with Crippen molar-refractivity contribution < 1.29 is 9.53 Å². The summed E-state index contributed by atoms with van der Waals surface area (Å²) in [5.41, 5.74) is 5.32. The first kappa shape index (κ1) is 12.6. The van der Waals surface area contributed by atoms with Crippen LogP contribution in [0, 0.1) is 5.92 Å². The Bertz CT molecular complexity index is 304. The number of rotatable bonds is 3. The molecule has 1 aliphatic heterocycles. The molecule has 0 radical (unpaired) electrons. The SMILES string of the molecule is C[C@@H]1CN(CC2CC=CCC2)CC(C(N)=O)O1. The highest BCUT2D eigenvalue weighted by atomic mass is 16.5. The second kappa shape index (κ2) is 5.65. The summed E-state index contributed by atoms with van der Waals surface area (Å²) in [6.45, 7) is 4.62. The summed E-state index contributed by atoms with van der Waals surface area (Å²) in [4.78, 5) is 13.5. The standard InChI is InChI=1S/C13H22N2O2/c1-10-7-15(9-12(17-10)13(14)16)8-11-5-3-2-4-6-11/h2-3,10-12H,4-9H2,1H3,(H2,14,16)/t10-,11?,12?/m1/s1. The number of allylic oxidation sites excluding steroid dienone is 2. The Morgan fingerprint density at radius 2 is 2.29 bits per heavy atom. The van der Waals surface area contributed by atoms with Crippen LogP contribution in [0.2, 0.25) is 0 Å². The first-order chi connectivity index (χ1) is 8.15. The third-order valence-electron chi connectivity index (χ3n) is 3.55. The van der Waals surface area contributed by atoms with Gasteiger partial charge >= 0.3 is 0 Å². The van der Waals surface area contributed by atoms with Gasteiger partial charge in [-0.25, -0.2) is 0 Å². The monoisotopic (exact) mass is 238 g/mol. The molecule has 1 aliphatic carbocycles. The quantitative estimate of drug-likeness (QED) is 0.744. The molecule has 1 amide bonds. The molecule has 4 heteroatoms. The summed E-state index contributed by atoms with van der Waals surface area (Å²) in [6, 6.07) is 0. The molecule has 2 aliphatic rings. The molecular formula is C13H22N2O2. The number of ether oxygens (including phenoxy) is 1. The molecular weight excluding hydrogens is 216 g/mol. The number of morpholine rings is 1. The summed E-state index contributed by atoms with van der Waals surface area (Å²) < 4.78 is 5.54. The lowest BCUT2D eigenvalue weighted by molar-refractivity contribution is -0.142.